The highest BCUT2D eigenvalue weighted by Gasteiger charge is 2.31. The Labute approximate surface area is 123 Å². The number of nitrogens with zero attached hydrogens (tertiary/aromatic N) is 3. The molecule has 3 rings (SSSR count). The quantitative estimate of drug-likeness (QED) is 0.907. The van der Waals surface area contributed by atoms with Gasteiger partial charge >= 0.3 is 0 Å². The van der Waals surface area contributed by atoms with E-state index >= 15 is 0 Å². The molecule has 0 saturated carbocycles. The first kappa shape index (κ1) is 14.2. The summed E-state index contributed by atoms with van der Waals surface area (Å²) in [5.41, 5.74) is 0.912. The van der Waals surface area contributed by atoms with Crippen molar-refractivity contribution in [2.24, 2.45) is 0 Å². The second-order valence-electron chi connectivity index (χ2n) is 5.22. The summed E-state index contributed by atoms with van der Waals surface area (Å²) in [7, 11) is 0. The number of ether oxygens (including phenoxy) is 1. The molecule has 0 bridgehead atoms. The van der Waals surface area contributed by atoms with E-state index in [4.69, 9.17) is 9.26 Å². The van der Waals surface area contributed by atoms with Crippen LogP contribution in [-0.4, -0.2) is 40.9 Å². The largest absolute Gasteiger partial charge is 0.381 e. The minimum atomic E-state index is 0.119. The Morgan fingerprint density at radius 2 is 2.19 bits per heavy atom. The summed E-state index contributed by atoms with van der Waals surface area (Å²) in [5, 5.41) is 7.63. The van der Waals surface area contributed by atoms with Gasteiger partial charge in [0.25, 0.3) is 0 Å². The molecule has 6 heteroatoms. The van der Waals surface area contributed by atoms with Gasteiger partial charge in [-0.15, -0.1) is 0 Å². The molecule has 0 spiro atoms. The average molecular weight is 288 g/mol. The van der Waals surface area contributed by atoms with Gasteiger partial charge in [-0.05, 0) is 31.5 Å². The smallest absolute Gasteiger partial charge is 0.233 e. The molecule has 112 valence electrons. The molecule has 0 aliphatic carbocycles. The van der Waals surface area contributed by atoms with Crippen LogP contribution in [0.15, 0.2) is 29.0 Å². The van der Waals surface area contributed by atoms with Gasteiger partial charge in [-0.1, -0.05) is 12.1 Å². The molecule has 1 N–H and O–H groups in total. The Morgan fingerprint density at radius 3 is 3.00 bits per heavy atom. The summed E-state index contributed by atoms with van der Waals surface area (Å²) in [4.78, 5) is 8.53. The van der Waals surface area contributed by atoms with Crippen molar-refractivity contribution in [1.29, 1.82) is 0 Å². The predicted octanol–water partition coefficient (Wildman–Crippen LogP) is 2.00. The molecular weight excluding hydrogens is 268 g/mol. The van der Waals surface area contributed by atoms with Gasteiger partial charge < -0.3 is 14.6 Å². The second-order valence-corrected chi connectivity index (χ2v) is 5.22. The lowest BCUT2D eigenvalue weighted by molar-refractivity contribution is 0.0498. The predicted molar refractivity (Wildman–Crippen MR) is 77.8 cm³/mol. The maximum Gasteiger partial charge on any atom is 0.233 e. The molecule has 1 fully saturated rings. The Balaban J connectivity index is 1.77. The SMILES string of the molecule is CCCNC1CCOCC1c1nc(-c2ccncc2)no1. The van der Waals surface area contributed by atoms with Crippen LogP contribution in [0.5, 0.6) is 0 Å². The van der Waals surface area contributed by atoms with E-state index in [0.717, 1.165) is 31.6 Å². The fraction of sp³-hybridized carbons (Fsp3) is 0.533. The number of pyridine rings is 1. The molecule has 1 saturated heterocycles. The first-order valence-electron chi connectivity index (χ1n) is 7.43. The van der Waals surface area contributed by atoms with Gasteiger partial charge in [-0.25, -0.2) is 0 Å². The van der Waals surface area contributed by atoms with E-state index in [1.54, 1.807) is 12.4 Å². The zero-order valence-electron chi connectivity index (χ0n) is 12.2. The highest BCUT2D eigenvalue weighted by Crippen LogP contribution is 2.26. The van der Waals surface area contributed by atoms with Gasteiger partial charge in [-0.3, -0.25) is 4.98 Å². The van der Waals surface area contributed by atoms with E-state index in [1.165, 1.54) is 0 Å². The van der Waals surface area contributed by atoms with Crippen molar-refractivity contribution in [2.75, 3.05) is 19.8 Å². The molecule has 1 aliphatic heterocycles. The normalized spacial score (nSPS) is 22.3. The number of hydrogen-bond acceptors (Lipinski definition) is 6. The Kier molecular flexibility index (Phi) is 4.57. The third-order valence-corrected chi connectivity index (χ3v) is 3.71. The van der Waals surface area contributed by atoms with Gasteiger partial charge in [0.15, 0.2) is 0 Å². The van der Waals surface area contributed by atoms with Crippen LogP contribution in [0, 0.1) is 0 Å². The number of aromatic nitrogens is 3. The van der Waals surface area contributed by atoms with Crippen LogP contribution < -0.4 is 5.32 Å². The van der Waals surface area contributed by atoms with E-state index in [2.05, 4.69) is 27.4 Å². The first-order chi connectivity index (χ1) is 10.4. The molecule has 0 amide bonds. The van der Waals surface area contributed by atoms with E-state index in [0.29, 0.717) is 24.4 Å². The molecule has 1 aliphatic rings. The van der Waals surface area contributed by atoms with Crippen molar-refractivity contribution in [3.8, 4) is 11.4 Å². The van der Waals surface area contributed by atoms with E-state index in [1.807, 2.05) is 12.1 Å². The van der Waals surface area contributed by atoms with Gasteiger partial charge in [0, 0.05) is 30.6 Å². The molecular formula is C15H20N4O2. The minimum Gasteiger partial charge on any atom is -0.381 e. The minimum absolute atomic E-state index is 0.119. The van der Waals surface area contributed by atoms with Gasteiger partial charge in [0.1, 0.15) is 0 Å². The van der Waals surface area contributed by atoms with Gasteiger partial charge in [0.2, 0.25) is 11.7 Å². The maximum absolute atomic E-state index is 5.58. The first-order valence-corrected chi connectivity index (χ1v) is 7.43. The van der Waals surface area contributed by atoms with Crippen LogP contribution in [0.25, 0.3) is 11.4 Å². The van der Waals surface area contributed by atoms with Crippen LogP contribution in [0.4, 0.5) is 0 Å². The van der Waals surface area contributed by atoms with Crippen molar-refractivity contribution in [3.05, 3.63) is 30.4 Å². The summed E-state index contributed by atoms with van der Waals surface area (Å²) in [6.45, 7) is 4.56. The highest BCUT2D eigenvalue weighted by atomic mass is 16.5. The maximum atomic E-state index is 5.58. The molecule has 2 atom stereocenters. The van der Waals surface area contributed by atoms with Crippen molar-refractivity contribution in [3.63, 3.8) is 0 Å². The molecule has 0 aromatic carbocycles. The number of rotatable bonds is 5. The Hall–Kier alpha value is -1.79. The van der Waals surface area contributed by atoms with Crippen LogP contribution in [0.3, 0.4) is 0 Å². The zero-order valence-corrected chi connectivity index (χ0v) is 12.2. The Bertz CT molecular complexity index is 558. The van der Waals surface area contributed by atoms with Crippen LogP contribution in [0.1, 0.15) is 31.6 Å². The van der Waals surface area contributed by atoms with Gasteiger partial charge in [-0.2, -0.15) is 4.98 Å². The standard InChI is InChI=1S/C15H20N4O2/c1-2-6-17-13-5-9-20-10-12(13)15-18-14(19-21-15)11-3-7-16-8-4-11/h3-4,7-8,12-13,17H,2,5-6,9-10H2,1H3. The van der Waals surface area contributed by atoms with Crippen LogP contribution >= 0.6 is 0 Å². The van der Waals surface area contributed by atoms with Crippen LogP contribution in [-0.2, 0) is 4.74 Å². The summed E-state index contributed by atoms with van der Waals surface area (Å²) < 4.78 is 11.1. The fourth-order valence-electron chi connectivity index (χ4n) is 2.56. The molecule has 6 nitrogen and oxygen atoms in total. The van der Waals surface area contributed by atoms with Crippen molar-refractivity contribution < 1.29 is 9.26 Å². The van der Waals surface area contributed by atoms with Crippen molar-refractivity contribution in [1.82, 2.24) is 20.4 Å². The summed E-state index contributed by atoms with van der Waals surface area (Å²) in [5.74, 6) is 1.37. The lowest BCUT2D eigenvalue weighted by Crippen LogP contribution is -2.41. The third kappa shape index (κ3) is 3.28. The van der Waals surface area contributed by atoms with Crippen molar-refractivity contribution in [2.45, 2.75) is 31.7 Å². The topological polar surface area (TPSA) is 73.1 Å². The average Bonchev–Trinajstić information content (AvgIpc) is 3.04. The molecule has 21 heavy (non-hydrogen) atoms. The molecule has 3 heterocycles. The number of nitrogens with one attached hydrogen (secondary N) is 1. The van der Waals surface area contributed by atoms with E-state index in [-0.39, 0.29) is 5.92 Å². The highest BCUT2D eigenvalue weighted by molar-refractivity contribution is 5.52. The lowest BCUT2D eigenvalue weighted by Gasteiger charge is -2.29. The molecule has 2 aromatic heterocycles. The molecule has 2 aromatic rings. The van der Waals surface area contributed by atoms with Crippen molar-refractivity contribution >= 4 is 0 Å². The fourth-order valence-corrected chi connectivity index (χ4v) is 2.56. The monoisotopic (exact) mass is 288 g/mol. The summed E-state index contributed by atoms with van der Waals surface area (Å²) in [6, 6.07) is 4.09. The summed E-state index contributed by atoms with van der Waals surface area (Å²) >= 11 is 0. The van der Waals surface area contributed by atoms with Crippen LogP contribution in [0.2, 0.25) is 0 Å². The Morgan fingerprint density at radius 1 is 1.33 bits per heavy atom. The van der Waals surface area contributed by atoms with E-state index in [9.17, 15) is 0 Å². The molecule has 0 radical (unpaired) electrons. The molecule has 2 unspecified atom stereocenters. The lowest BCUT2D eigenvalue weighted by atomic mass is 9.95. The number of hydrogen-bond donors (Lipinski definition) is 1. The van der Waals surface area contributed by atoms with Gasteiger partial charge in [0.05, 0.1) is 12.5 Å². The third-order valence-electron chi connectivity index (χ3n) is 3.71. The summed E-state index contributed by atoms with van der Waals surface area (Å²) in [6.07, 6.45) is 5.52. The zero-order chi connectivity index (χ0) is 14.5. The second kappa shape index (κ2) is 6.78. The van der Waals surface area contributed by atoms with E-state index < -0.39 is 0 Å².